The van der Waals surface area contributed by atoms with Gasteiger partial charge in [-0.25, -0.2) is 0 Å². The van der Waals surface area contributed by atoms with E-state index in [9.17, 15) is 0 Å². The smallest absolute Gasteiger partial charge is 0.302 e. The highest BCUT2D eigenvalue weighted by Gasteiger charge is 2.57. The maximum Gasteiger partial charge on any atom is 0.302 e. The number of nitrogens with zero attached hydrogens (tertiary/aromatic N) is 1. The number of piperazine rings is 1. The Morgan fingerprint density at radius 2 is 1.59 bits per heavy atom. The summed E-state index contributed by atoms with van der Waals surface area (Å²) < 4.78 is 17.6. The average molecular weight is 242 g/mol. The van der Waals surface area contributed by atoms with Crippen LogP contribution in [0.2, 0.25) is 0 Å². The van der Waals surface area contributed by atoms with Gasteiger partial charge in [0.05, 0.1) is 25.4 Å². The molecule has 0 radical (unpaired) electrons. The van der Waals surface area contributed by atoms with Crippen molar-refractivity contribution in [2.24, 2.45) is 5.92 Å². The predicted molar refractivity (Wildman–Crippen MR) is 62.6 cm³/mol. The van der Waals surface area contributed by atoms with E-state index < -0.39 is 5.97 Å². The van der Waals surface area contributed by atoms with E-state index in [4.69, 9.17) is 14.2 Å². The van der Waals surface area contributed by atoms with Crippen molar-refractivity contribution < 1.29 is 14.2 Å². The minimum Gasteiger partial charge on any atom is -0.326 e. The number of ether oxygens (including phenoxy) is 3. The van der Waals surface area contributed by atoms with Crippen LogP contribution < -0.4 is 5.32 Å². The highest BCUT2D eigenvalue weighted by Crippen LogP contribution is 2.41. The molecule has 2 bridgehead atoms. The molecule has 0 spiro atoms. The zero-order valence-electron chi connectivity index (χ0n) is 10.7. The zero-order valence-corrected chi connectivity index (χ0v) is 10.7. The van der Waals surface area contributed by atoms with E-state index in [0.717, 1.165) is 46.0 Å². The van der Waals surface area contributed by atoms with Crippen molar-refractivity contribution in [1.29, 1.82) is 0 Å². The minimum atomic E-state index is -0.862. The van der Waals surface area contributed by atoms with Gasteiger partial charge >= 0.3 is 5.97 Å². The maximum absolute atomic E-state index is 5.88. The molecule has 0 amide bonds. The van der Waals surface area contributed by atoms with Crippen LogP contribution in [0.3, 0.4) is 0 Å². The van der Waals surface area contributed by atoms with Gasteiger partial charge < -0.3 is 19.5 Å². The summed E-state index contributed by atoms with van der Waals surface area (Å²) in [5.41, 5.74) is -0.250. The van der Waals surface area contributed by atoms with E-state index in [0.29, 0.717) is 5.92 Å². The summed E-state index contributed by atoms with van der Waals surface area (Å²) in [5, 5.41) is 3.37. The molecule has 4 heterocycles. The van der Waals surface area contributed by atoms with Crippen molar-refractivity contribution in [3.63, 3.8) is 0 Å². The quantitative estimate of drug-likeness (QED) is 0.739. The van der Waals surface area contributed by atoms with E-state index in [1.807, 2.05) is 0 Å². The molecule has 0 atom stereocenters. The Hall–Kier alpha value is -0.200. The lowest BCUT2D eigenvalue weighted by atomic mass is 9.95. The summed E-state index contributed by atoms with van der Waals surface area (Å²) in [6, 6.07) is 0. The van der Waals surface area contributed by atoms with Gasteiger partial charge in [-0.2, -0.15) is 0 Å². The zero-order chi connectivity index (χ0) is 11.9. The lowest BCUT2D eigenvalue weighted by Gasteiger charge is -2.56. The summed E-state index contributed by atoms with van der Waals surface area (Å²) in [4.78, 5) is 2.40. The van der Waals surface area contributed by atoms with E-state index >= 15 is 0 Å². The Balaban J connectivity index is 1.79. The lowest BCUT2D eigenvalue weighted by Crippen LogP contribution is -2.71. The first-order valence-corrected chi connectivity index (χ1v) is 6.52. The minimum absolute atomic E-state index is 0.250. The molecule has 0 aromatic carbocycles. The molecule has 0 saturated carbocycles. The third kappa shape index (κ3) is 1.81. The van der Waals surface area contributed by atoms with Gasteiger partial charge in [0.25, 0.3) is 0 Å². The fourth-order valence-corrected chi connectivity index (χ4v) is 2.90. The van der Waals surface area contributed by atoms with E-state index in [1.54, 1.807) is 0 Å². The molecule has 4 rings (SSSR count). The summed E-state index contributed by atoms with van der Waals surface area (Å²) in [6.45, 7) is 10.6. The maximum atomic E-state index is 5.88. The van der Waals surface area contributed by atoms with Crippen molar-refractivity contribution in [2.75, 3.05) is 46.0 Å². The molecule has 17 heavy (non-hydrogen) atoms. The Kier molecular flexibility index (Phi) is 2.91. The predicted octanol–water partition coefficient (Wildman–Crippen LogP) is 0.0172. The van der Waals surface area contributed by atoms with Crippen LogP contribution in [0, 0.1) is 5.92 Å². The van der Waals surface area contributed by atoms with Crippen LogP contribution >= 0.6 is 0 Å². The lowest BCUT2D eigenvalue weighted by molar-refractivity contribution is -0.481. The van der Waals surface area contributed by atoms with Crippen LogP contribution in [0.15, 0.2) is 0 Å². The van der Waals surface area contributed by atoms with Crippen LogP contribution in [-0.4, -0.2) is 62.4 Å². The highest BCUT2D eigenvalue weighted by atomic mass is 16.9. The fourth-order valence-electron chi connectivity index (χ4n) is 2.90. The monoisotopic (exact) mass is 242 g/mol. The normalized spacial score (nSPS) is 39.5. The topological polar surface area (TPSA) is 43.0 Å². The summed E-state index contributed by atoms with van der Waals surface area (Å²) >= 11 is 0. The highest BCUT2D eigenvalue weighted by molar-refractivity contribution is 4.96. The molecular formula is C12H22N2O3. The van der Waals surface area contributed by atoms with Crippen LogP contribution in [0.25, 0.3) is 0 Å². The molecule has 0 aromatic heterocycles. The third-order valence-corrected chi connectivity index (χ3v) is 4.18. The van der Waals surface area contributed by atoms with Crippen molar-refractivity contribution in [1.82, 2.24) is 10.2 Å². The Morgan fingerprint density at radius 3 is 2.12 bits per heavy atom. The number of hydrogen-bond donors (Lipinski definition) is 1. The molecule has 98 valence electrons. The van der Waals surface area contributed by atoms with Gasteiger partial charge in [0.1, 0.15) is 0 Å². The third-order valence-electron chi connectivity index (χ3n) is 4.18. The molecule has 4 aliphatic rings. The van der Waals surface area contributed by atoms with Crippen molar-refractivity contribution in [2.45, 2.75) is 25.4 Å². The first kappa shape index (κ1) is 11.9. The largest absolute Gasteiger partial charge is 0.326 e. The second-order valence-corrected chi connectivity index (χ2v) is 5.65. The van der Waals surface area contributed by atoms with E-state index in [2.05, 4.69) is 24.1 Å². The molecule has 5 heteroatoms. The van der Waals surface area contributed by atoms with E-state index in [1.165, 1.54) is 0 Å². The van der Waals surface area contributed by atoms with Gasteiger partial charge in [-0.3, -0.25) is 4.90 Å². The first-order chi connectivity index (χ1) is 8.14. The van der Waals surface area contributed by atoms with Gasteiger partial charge in [0.2, 0.25) is 0 Å². The van der Waals surface area contributed by atoms with Crippen LogP contribution in [0.4, 0.5) is 0 Å². The van der Waals surface area contributed by atoms with Gasteiger partial charge in [0.15, 0.2) is 0 Å². The fraction of sp³-hybridized carbons (Fsp3) is 1.00. The van der Waals surface area contributed by atoms with Crippen molar-refractivity contribution in [3.8, 4) is 0 Å². The van der Waals surface area contributed by atoms with E-state index in [-0.39, 0.29) is 5.54 Å². The summed E-state index contributed by atoms with van der Waals surface area (Å²) in [5.74, 6) is -0.449. The van der Waals surface area contributed by atoms with Gasteiger partial charge in [-0.05, 0) is 13.8 Å². The van der Waals surface area contributed by atoms with Crippen molar-refractivity contribution in [3.05, 3.63) is 0 Å². The molecule has 5 nitrogen and oxygen atoms in total. The van der Waals surface area contributed by atoms with Crippen molar-refractivity contribution >= 4 is 0 Å². The average Bonchev–Trinajstić information content (AvgIpc) is 2.42. The summed E-state index contributed by atoms with van der Waals surface area (Å²) in [6.07, 6.45) is 0. The SMILES string of the molecule is CC(C)(N1CCNCC1)C12OCC(CO1)CO2. The number of hydrogen-bond acceptors (Lipinski definition) is 5. The summed E-state index contributed by atoms with van der Waals surface area (Å²) in [7, 11) is 0. The second-order valence-electron chi connectivity index (χ2n) is 5.65. The molecule has 0 aromatic rings. The van der Waals surface area contributed by atoms with Gasteiger partial charge in [-0.15, -0.1) is 0 Å². The Morgan fingerprint density at radius 1 is 1.06 bits per heavy atom. The van der Waals surface area contributed by atoms with Crippen LogP contribution in [-0.2, 0) is 14.2 Å². The molecule has 0 aliphatic carbocycles. The molecule has 4 fully saturated rings. The second kappa shape index (κ2) is 4.17. The van der Waals surface area contributed by atoms with Crippen LogP contribution in [0.1, 0.15) is 13.8 Å². The van der Waals surface area contributed by atoms with Crippen LogP contribution in [0.5, 0.6) is 0 Å². The molecule has 4 aliphatic heterocycles. The molecular weight excluding hydrogens is 220 g/mol. The molecule has 0 unspecified atom stereocenters. The number of nitrogens with one attached hydrogen (secondary N) is 1. The first-order valence-electron chi connectivity index (χ1n) is 6.52. The van der Waals surface area contributed by atoms with Gasteiger partial charge in [0, 0.05) is 32.1 Å². The van der Waals surface area contributed by atoms with Gasteiger partial charge in [-0.1, -0.05) is 0 Å². The Bertz CT molecular complexity index is 268. The molecule has 1 N–H and O–H groups in total. The number of rotatable bonds is 2. The Labute approximate surface area is 102 Å². The standard InChI is InChI=1S/C12H22N2O3/c1-11(2,14-5-3-13-4-6-14)12-15-7-10(8-16-12)9-17-12/h10,13H,3-9H2,1-2H3. The number of fused-ring (bicyclic) bond motifs is 3. The molecule has 4 saturated heterocycles.